The van der Waals surface area contributed by atoms with E-state index >= 15 is 0 Å². The highest BCUT2D eigenvalue weighted by atomic mass is 16.6. The van der Waals surface area contributed by atoms with Gasteiger partial charge in [-0.3, -0.25) is 0 Å². The molecule has 154 valence electrons. The number of hydrazine groups is 1. The number of ether oxygens (including phenoxy) is 3. The van der Waals surface area contributed by atoms with Gasteiger partial charge in [0.2, 0.25) is 0 Å². The van der Waals surface area contributed by atoms with Crippen LogP contribution in [0.1, 0.15) is 47.1 Å². The third-order valence-electron chi connectivity index (χ3n) is 2.92. The lowest BCUT2D eigenvalue weighted by atomic mass is 10.2. The van der Waals surface area contributed by atoms with Crippen LogP contribution in [0.3, 0.4) is 0 Å². The minimum atomic E-state index is -0.967. The van der Waals surface area contributed by atoms with Gasteiger partial charge in [0.05, 0.1) is 7.11 Å². The van der Waals surface area contributed by atoms with Gasteiger partial charge < -0.3 is 14.2 Å². The van der Waals surface area contributed by atoms with Gasteiger partial charge in [0.15, 0.2) is 5.70 Å². The van der Waals surface area contributed by atoms with Crippen LogP contribution in [0.5, 0.6) is 0 Å². The zero-order valence-corrected chi connectivity index (χ0v) is 17.4. The van der Waals surface area contributed by atoms with Crippen molar-refractivity contribution < 1.29 is 28.6 Å². The molecule has 28 heavy (non-hydrogen) atoms. The van der Waals surface area contributed by atoms with Crippen LogP contribution in [0, 0.1) is 0 Å². The number of esters is 1. The Hall–Kier alpha value is -3.03. The van der Waals surface area contributed by atoms with Gasteiger partial charge in [-0.1, -0.05) is 30.3 Å². The highest BCUT2D eigenvalue weighted by Gasteiger charge is 2.32. The number of methoxy groups -OCH3 is 1. The molecule has 0 radical (unpaired) electrons. The third kappa shape index (κ3) is 8.11. The molecule has 8 nitrogen and oxygen atoms in total. The van der Waals surface area contributed by atoms with E-state index in [9.17, 15) is 14.4 Å². The third-order valence-corrected chi connectivity index (χ3v) is 2.92. The van der Waals surface area contributed by atoms with Gasteiger partial charge in [0.25, 0.3) is 0 Å². The molecule has 0 fully saturated rings. The van der Waals surface area contributed by atoms with Crippen LogP contribution in [0.2, 0.25) is 0 Å². The molecule has 0 aliphatic rings. The van der Waals surface area contributed by atoms with Crippen LogP contribution in [-0.2, 0) is 19.0 Å². The first kappa shape index (κ1) is 23.0. The molecule has 8 heteroatoms. The summed E-state index contributed by atoms with van der Waals surface area (Å²) in [5, 5.41) is 0.679. The zero-order valence-electron chi connectivity index (χ0n) is 17.4. The Bertz CT molecular complexity index is 729. The molecule has 0 heterocycles. The maximum atomic E-state index is 12.7. The fourth-order valence-corrected chi connectivity index (χ4v) is 1.93. The van der Waals surface area contributed by atoms with E-state index in [-0.39, 0.29) is 5.70 Å². The quantitative estimate of drug-likeness (QED) is 0.363. The summed E-state index contributed by atoms with van der Waals surface area (Å²) in [6.07, 6.45) is -0.500. The van der Waals surface area contributed by atoms with Gasteiger partial charge in [-0.05, 0) is 53.2 Å². The van der Waals surface area contributed by atoms with Gasteiger partial charge in [0, 0.05) is 0 Å². The lowest BCUT2D eigenvalue weighted by molar-refractivity contribution is -0.138. The molecule has 1 aromatic rings. The van der Waals surface area contributed by atoms with E-state index in [0.717, 1.165) is 0 Å². The molecule has 0 saturated heterocycles. The average Bonchev–Trinajstić information content (AvgIpc) is 2.55. The van der Waals surface area contributed by atoms with E-state index < -0.39 is 29.4 Å². The van der Waals surface area contributed by atoms with Crippen molar-refractivity contribution in [2.45, 2.75) is 52.7 Å². The fourth-order valence-electron chi connectivity index (χ4n) is 1.93. The van der Waals surface area contributed by atoms with E-state index in [2.05, 4.69) is 5.43 Å². The Balaban J connectivity index is 3.34. The van der Waals surface area contributed by atoms with Gasteiger partial charge in [-0.25, -0.2) is 19.8 Å². The first-order valence-electron chi connectivity index (χ1n) is 8.70. The second-order valence-corrected chi connectivity index (χ2v) is 7.86. The summed E-state index contributed by atoms with van der Waals surface area (Å²) < 4.78 is 15.3. The van der Waals surface area contributed by atoms with Crippen molar-refractivity contribution in [2.24, 2.45) is 0 Å². The molecule has 0 aliphatic heterocycles. The second-order valence-electron chi connectivity index (χ2n) is 7.86. The summed E-state index contributed by atoms with van der Waals surface area (Å²) >= 11 is 0. The molecule has 1 aromatic carbocycles. The maximum absolute atomic E-state index is 12.7. The number of carbonyl (C=O) groups excluding carboxylic acids is 3. The molecule has 0 bridgehead atoms. The number of nitrogens with one attached hydrogen (secondary N) is 1. The molecule has 2 amide bonds. The molecular formula is C20H28N2O6. The van der Waals surface area contributed by atoms with E-state index in [1.165, 1.54) is 13.2 Å². The van der Waals surface area contributed by atoms with Crippen LogP contribution in [0.25, 0.3) is 6.08 Å². The van der Waals surface area contributed by atoms with Crippen LogP contribution in [0.15, 0.2) is 36.0 Å². The van der Waals surface area contributed by atoms with Gasteiger partial charge in [-0.15, -0.1) is 0 Å². The van der Waals surface area contributed by atoms with E-state index in [1.807, 2.05) is 0 Å². The maximum Gasteiger partial charge on any atom is 0.434 e. The summed E-state index contributed by atoms with van der Waals surface area (Å²) in [5.74, 6) is -0.842. The van der Waals surface area contributed by atoms with E-state index in [1.54, 1.807) is 71.9 Å². The molecule has 0 saturated carbocycles. The molecular weight excluding hydrogens is 364 g/mol. The molecule has 0 atom stereocenters. The fraction of sp³-hybridized carbons (Fsp3) is 0.450. The highest BCUT2D eigenvalue weighted by Crippen LogP contribution is 2.17. The Morgan fingerprint density at radius 1 is 0.929 bits per heavy atom. The Morgan fingerprint density at radius 2 is 1.46 bits per heavy atom. The predicted molar refractivity (Wildman–Crippen MR) is 104 cm³/mol. The van der Waals surface area contributed by atoms with Crippen LogP contribution in [-0.4, -0.2) is 41.5 Å². The molecule has 0 aliphatic carbocycles. The van der Waals surface area contributed by atoms with Crippen molar-refractivity contribution in [3.63, 3.8) is 0 Å². The number of amides is 2. The van der Waals surface area contributed by atoms with E-state index in [4.69, 9.17) is 14.2 Å². The van der Waals surface area contributed by atoms with Crippen molar-refractivity contribution in [1.82, 2.24) is 10.4 Å². The van der Waals surface area contributed by atoms with Crippen molar-refractivity contribution >= 4 is 24.2 Å². The predicted octanol–water partition coefficient (Wildman–Crippen LogP) is 3.88. The summed E-state index contributed by atoms with van der Waals surface area (Å²) in [6, 6.07) is 8.78. The van der Waals surface area contributed by atoms with Crippen molar-refractivity contribution in [2.75, 3.05) is 7.11 Å². The second kappa shape index (κ2) is 9.25. The minimum Gasteiger partial charge on any atom is -0.464 e. The molecule has 0 aromatic heterocycles. The van der Waals surface area contributed by atoms with Crippen LogP contribution in [0.4, 0.5) is 9.59 Å². The smallest absolute Gasteiger partial charge is 0.434 e. The van der Waals surface area contributed by atoms with Crippen LogP contribution >= 0.6 is 0 Å². The number of hydrogen-bond donors (Lipinski definition) is 1. The number of hydrogen-bond acceptors (Lipinski definition) is 6. The summed E-state index contributed by atoms with van der Waals surface area (Å²) in [4.78, 5) is 37.3. The number of rotatable bonds is 3. The normalized spacial score (nSPS) is 12.0. The van der Waals surface area contributed by atoms with Gasteiger partial charge in [0.1, 0.15) is 11.2 Å². The summed E-state index contributed by atoms with van der Waals surface area (Å²) in [5.41, 5.74) is 0.962. The molecule has 0 spiro atoms. The van der Waals surface area contributed by atoms with Crippen LogP contribution < -0.4 is 5.43 Å². The minimum absolute atomic E-state index is 0.242. The van der Waals surface area contributed by atoms with Gasteiger partial charge in [-0.2, -0.15) is 5.01 Å². The lowest BCUT2D eigenvalue weighted by Crippen LogP contribution is -2.50. The average molecular weight is 392 g/mol. The standard InChI is InChI=1S/C20H28N2O6/c1-19(2,3)27-17(24)21-22(18(25)28-20(4,5)6)15(16(23)26-7)13-14-11-9-8-10-12-14/h8-13H,1-7H3,(H,21,24)/b15-13+. The number of nitrogens with zero attached hydrogens (tertiary/aromatic N) is 1. The number of benzene rings is 1. The van der Waals surface area contributed by atoms with Gasteiger partial charge >= 0.3 is 18.2 Å². The number of carbonyl (C=O) groups is 3. The van der Waals surface area contributed by atoms with E-state index in [0.29, 0.717) is 10.6 Å². The summed E-state index contributed by atoms with van der Waals surface area (Å²) in [7, 11) is 1.17. The largest absolute Gasteiger partial charge is 0.464 e. The Labute approximate surface area is 165 Å². The molecule has 0 unspecified atom stereocenters. The van der Waals surface area contributed by atoms with Crippen molar-refractivity contribution in [3.05, 3.63) is 41.6 Å². The zero-order chi connectivity index (χ0) is 21.5. The lowest BCUT2D eigenvalue weighted by Gasteiger charge is -2.29. The van der Waals surface area contributed by atoms with Crippen molar-refractivity contribution in [1.29, 1.82) is 0 Å². The first-order chi connectivity index (χ1) is 12.8. The monoisotopic (exact) mass is 392 g/mol. The Morgan fingerprint density at radius 3 is 1.93 bits per heavy atom. The molecule has 1 rings (SSSR count). The SMILES string of the molecule is COC(=O)/C(=C\c1ccccc1)N(NC(=O)OC(C)(C)C)C(=O)OC(C)(C)C. The summed E-state index contributed by atoms with van der Waals surface area (Å²) in [6.45, 7) is 10.0. The topological polar surface area (TPSA) is 94.2 Å². The Kier molecular flexibility index (Phi) is 7.60. The van der Waals surface area contributed by atoms with Crippen molar-refractivity contribution in [3.8, 4) is 0 Å². The molecule has 1 N–H and O–H groups in total. The first-order valence-corrected chi connectivity index (χ1v) is 8.70. The highest BCUT2D eigenvalue weighted by molar-refractivity contribution is 5.97.